The highest BCUT2D eigenvalue weighted by Crippen LogP contribution is 2.38. The maximum atomic E-state index is 6.73. The van der Waals surface area contributed by atoms with Crippen LogP contribution >= 0.6 is 0 Å². The number of nitrogens with one attached hydrogen (secondary N) is 2. The van der Waals surface area contributed by atoms with Gasteiger partial charge in [0, 0.05) is 27.2 Å². The molecular formula is C38H31N5. The zero-order valence-electron chi connectivity index (χ0n) is 23.6. The van der Waals surface area contributed by atoms with Crippen molar-refractivity contribution in [2.24, 2.45) is 5.73 Å². The first kappa shape index (κ1) is 25.4. The average molecular weight is 558 g/mol. The van der Waals surface area contributed by atoms with Crippen LogP contribution in [0.15, 0.2) is 152 Å². The topological polar surface area (TPSA) is 59.9 Å². The van der Waals surface area contributed by atoms with Crippen molar-refractivity contribution in [3.05, 3.63) is 163 Å². The van der Waals surface area contributed by atoms with Crippen molar-refractivity contribution in [1.29, 1.82) is 0 Å². The molecule has 0 radical (unpaired) electrons. The summed E-state index contributed by atoms with van der Waals surface area (Å²) in [4.78, 5) is 0. The monoisotopic (exact) mass is 557 g/mol. The fourth-order valence-electron chi connectivity index (χ4n) is 6.34. The predicted octanol–water partition coefficient (Wildman–Crippen LogP) is 8.38. The average Bonchev–Trinajstić information content (AvgIpc) is 3.56. The van der Waals surface area contributed by atoms with E-state index in [1.165, 1.54) is 27.1 Å². The first-order chi connectivity index (χ1) is 21.3. The van der Waals surface area contributed by atoms with Crippen molar-refractivity contribution in [2.75, 3.05) is 5.43 Å². The maximum absolute atomic E-state index is 6.73. The molecule has 0 saturated heterocycles. The molecule has 0 spiro atoms. The third-order valence-electron chi connectivity index (χ3n) is 8.38. The van der Waals surface area contributed by atoms with Crippen molar-refractivity contribution < 1.29 is 0 Å². The van der Waals surface area contributed by atoms with Crippen LogP contribution in [0.5, 0.6) is 0 Å². The molecule has 4 N–H and O–H groups in total. The molecule has 0 bridgehead atoms. The normalized spacial score (nSPS) is 13.1. The SMILES string of the molecule is NC(NC(Nn1c2ccccc2c2cc3c4ccccc4n(-c4ccccc4)c3cc21)c1ccccc1)c1ccccc1. The van der Waals surface area contributed by atoms with E-state index in [0.29, 0.717) is 0 Å². The minimum absolute atomic E-state index is 0.258. The zero-order chi connectivity index (χ0) is 28.8. The lowest BCUT2D eigenvalue weighted by Gasteiger charge is -2.27. The van der Waals surface area contributed by atoms with Gasteiger partial charge in [-0.05, 0) is 47.5 Å². The summed E-state index contributed by atoms with van der Waals surface area (Å²) < 4.78 is 4.59. The van der Waals surface area contributed by atoms with Gasteiger partial charge in [0.05, 0.1) is 28.2 Å². The third kappa shape index (κ3) is 4.34. The molecule has 0 aliphatic heterocycles. The van der Waals surface area contributed by atoms with Gasteiger partial charge in [-0.3, -0.25) is 9.99 Å². The molecule has 43 heavy (non-hydrogen) atoms. The van der Waals surface area contributed by atoms with Crippen LogP contribution in [0.4, 0.5) is 0 Å². The Hall–Kier alpha value is -5.36. The number of hydrogen-bond donors (Lipinski definition) is 3. The smallest absolute Gasteiger partial charge is 0.119 e. The second-order valence-corrected chi connectivity index (χ2v) is 11.0. The number of nitrogens with two attached hydrogens (primary N) is 1. The number of nitrogens with zero attached hydrogens (tertiary/aromatic N) is 2. The summed E-state index contributed by atoms with van der Waals surface area (Å²) in [5.74, 6) is 0. The van der Waals surface area contributed by atoms with E-state index in [2.05, 4.69) is 147 Å². The van der Waals surface area contributed by atoms with E-state index in [4.69, 9.17) is 5.73 Å². The molecule has 0 aliphatic carbocycles. The number of aromatic nitrogens is 2. The van der Waals surface area contributed by atoms with E-state index in [9.17, 15) is 0 Å². The summed E-state index contributed by atoms with van der Waals surface area (Å²) in [5, 5.41) is 8.53. The van der Waals surface area contributed by atoms with Crippen molar-refractivity contribution in [3.8, 4) is 5.69 Å². The van der Waals surface area contributed by atoms with Gasteiger partial charge in [0.25, 0.3) is 0 Å². The summed E-state index contributed by atoms with van der Waals surface area (Å²) in [7, 11) is 0. The van der Waals surface area contributed by atoms with E-state index in [1.807, 2.05) is 24.3 Å². The summed E-state index contributed by atoms with van der Waals surface area (Å²) in [6.07, 6.45) is -0.620. The van der Waals surface area contributed by atoms with Gasteiger partial charge in [-0.15, -0.1) is 0 Å². The van der Waals surface area contributed by atoms with Crippen LogP contribution in [0, 0.1) is 0 Å². The molecule has 0 amide bonds. The third-order valence-corrected chi connectivity index (χ3v) is 8.38. The van der Waals surface area contributed by atoms with Crippen molar-refractivity contribution in [1.82, 2.24) is 14.6 Å². The summed E-state index contributed by atoms with van der Waals surface area (Å²) >= 11 is 0. The Morgan fingerprint density at radius 2 is 1.00 bits per heavy atom. The van der Waals surface area contributed by atoms with E-state index in [1.54, 1.807) is 0 Å². The fourth-order valence-corrected chi connectivity index (χ4v) is 6.34. The fraction of sp³-hybridized carbons (Fsp3) is 0.0526. The Balaban J connectivity index is 1.35. The summed E-state index contributed by atoms with van der Waals surface area (Å²) in [6, 6.07) is 53.1. The Bertz CT molecular complexity index is 2200. The van der Waals surface area contributed by atoms with Crippen LogP contribution in [0.25, 0.3) is 49.3 Å². The molecule has 2 atom stereocenters. The van der Waals surface area contributed by atoms with Crippen molar-refractivity contribution in [2.45, 2.75) is 12.3 Å². The molecule has 5 heteroatoms. The van der Waals surface area contributed by atoms with Gasteiger partial charge < -0.3 is 15.7 Å². The molecule has 6 aromatic carbocycles. The molecule has 208 valence electrons. The highest BCUT2D eigenvalue weighted by molar-refractivity contribution is 6.18. The van der Waals surface area contributed by atoms with Crippen molar-refractivity contribution in [3.63, 3.8) is 0 Å². The second-order valence-electron chi connectivity index (χ2n) is 11.0. The van der Waals surface area contributed by atoms with Gasteiger partial charge >= 0.3 is 0 Å². The van der Waals surface area contributed by atoms with Crippen LogP contribution in [0.1, 0.15) is 23.5 Å². The molecule has 2 heterocycles. The van der Waals surface area contributed by atoms with Crippen LogP contribution < -0.4 is 16.5 Å². The van der Waals surface area contributed by atoms with Gasteiger partial charge in [0.2, 0.25) is 0 Å². The molecule has 0 fully saturated rings. The molecule has 8 rings (SSSR count). The molecule has 0 saturated carbocycles. The molecule has 8 aromatic rings. The number of hydrogen-bond acceptors (Lipinski definition) is 3. The van der Waals surface area contributed by atoms with Gasteiger partial charge in [0.15, 0.2) is 0 Å². The Morgan fingerprint density at radius 3 is 1.70 bits per heavy atom. The lowest BCUT2D eigenvalue weighted by atomic mass is 10.1. The first-order valence-corrected chi connectivity index (χ1v) is 14.7. The standard InChI is InChI=1S/C38H31N5/c39-37(26-14-4-1-5-15-26)40-38(27-16-6-2-7-17-27)41-43-34-23-13-11-21-30(34)32-24-31-29-20-10-12-22-33(29)42(35(31)25-36(32)43)28-18-8-3-9-19-28/h1-25,37-38,40-41H,39H2. The Morgan fingerprint density at radius 1 is 0.465 bits per heavy atom. The van der Waals surface area contributed by atoms with E-state index in [0.717, 1.165) is 33.4 Å². The minimum atomic E-state index is -0.362. The predicted molar refractivity (Wildman–Crippen MR) is 179 cm³/mol. The van der Waals surface area contributed by atoms with Gasteiger partial charge in [-0.2, -0.15) is 0 Å². The molecule has 2 unspecified atom stereocenters. The first-order valence-electron chi connectivity index (χ1n) is 14.7. The number of fused-ring (bicyclic) bond motifs is 6. The molecule has 2 aromatic heterocycles. The minimum Gasteiger partial charge on any atom is -0.312 e. The van der Waals surface area contributed by atoms with Crippen molar-refractivity contribution >= 4 is 43.6 Å². The number of rotatable bonds is 7. The van der Waals surface area contributed by atoms with Crippen LogP contribution in [0.3, 0.4) is 0 Å². The van der Waals surface area contributed by atoms with E-state index in [-0.39, 0.29) is 12.3 Å². The van der Waals surface area contributed by atoms with Gasteiger partial charge in [-0.25, -0.2) is 0 Å². The van der Waals surface area contributed by atoms with Gasteiger partial charge in [0.1, 0.15) is 6.17 Å². The van der Waals surface area contributed by atoms with Gasteiger partial charge in [-0.1, -0.05) is 115 Å². The highest BCUT2D eigenvalue weighted by atomic mass is 15.5. The Kier molecular flexibility index (Phi) is 6.18. The Labute approximate surface area is 249 Å². The summed E-state index contributed by atoms with van der Waals surface area (Å²) in [6.45, 7) is 0. The highest BCUT2D eigenvalue weighted by Gasteiger charge is 2.21. The lowest BCUT2D eigenvalue weighted by molar-refractivity contribution is 0.464. The molecular weight excluding hydrogens is 526 g/mol. The zero-order valence-corrected chi connectivity index (χ0v) is 23.6. The van der Waals surface area contributed by atoms with E-state index >= 15 is 0 Å². The molecule has 5 nitrogen and oxygen atoms in total. The second kappa shape index (κ2) is 10.5. The number of para-hydroxylation sites is 3. The molecule has 0 aliphatic rings. The maximum Gasteiger partial charge on any atom is 0.119 e. The van der Waals surface area contributed by atoms with Crippen LogP contribution in [0.2, 0.25) is 0 Å². The van der Waals surface area contributed by atoms with Crippen LogP contribution in [-0.4, -0.2) is 9.24 Å². The largest absolute Gasteiger partial charge is 0.312 e. The van der Waals surface area contributed by atoms with E-state index < -0.39 is 0 Å². The van der Waals surface area contributed by atoms with Crippen LogP contribution in [-0.2, 0) is 0 Å². The lowest BCUT2D eigenvalue weighted by Crippen LogP contribution is -2.39. The number of benzene rings is 6. The summed E-state index contributed by atoms with van der Waals surface area (Å²) in [5.41, 5.74) is 18.4. The quantitative estimate of drug-likeness (QED) is 0.173.